The summed E-state index contributed by atoms with van der Waals surface area (Å²) in [7, 11) is 0. The molecule has 0 fully saturated rings. The summed E-state index contributed by atoms with van der Waals surface area (Å²) in [5.74, 6) is -1.30. The molecule has 8 nitrogen and oxygen atoms in total. The summed E-state index contributed by atoms with van der Waals surface area (Å²) in [6.07, 6.45) is -4.53. The van der Waals surface area contributed by atoms with E-state index in [0.29, 0.717) is 11.3 Å². The highest BCUT2D eigenvalue weighted by atomic mass is 32.2. The number of halogens is 3. The first kappa shape index (κ1) is 25.0. The Bertz CT molecular complexity index is 1260. The maximum atomic E-state index is 12.8. The minimum atomic E-state index is -4.53. The molecule has 0 aliphatic heterocycles. The van der Waals surface area contributed by atoms with E-state index in [0.717, 1.165) is 23.9 Å². The van der Waals surface area contributed by atoms with Crippen LogP contribution in [0.25, 0.3) is 11.3 Å². The number of hydrogen-bond acceptors (Lipinski definition) is 6. The molecule has 2 aromatic carbocycles. The summed E-state index contributed by atoms with van der Waals surface area (Å²) < 4.78 is 38.4. The number of amides is 2. The second-order valence-electron chi connectivity index (χ2n) is 7.41. The first-order chi connectivity index (χ1) is 16.0. The Morgan fingerprint density at radius 3 is 2.47 bits per heavy atom. The number of carbonyl (C=O) groups is 2. The molecule has 0 saturated heterocycles. The van der Waals surface area contributed by atoms with Crippen molar-refractivity contribution in [1.29, 1.82) is 0 Å². The summed E-state index contributed by atoms with van der Waals surface area (Å²) >= 11 is 0.861. The number of anilines is 2. The highest BCUT2D eigenvalue weighted by Crippen LogP contribution is 2.30. The molecule has 12 heteroatoms. The molecule has 0 spiro atoms. The van der Waals surface area contributed by atoms with Crippen LogP contribution in [0.5, 0.6) is 0 Å². The Kier molecular flexibility index (Phi) is 7.72. The van der Waals surface area contributed by atoms with E-state index in [9.17, 15) is 27.6 Å². The highest BCUT2D eigenvalue weighted by Gasteiger charge is 2.30. The van der Waals surface area contributed by atoms with Gasteiger partial charge in [-0.3, -0.25) is 19.4 Å². The number of aromatic nitrogens is 3. The molecule has 0 radical (unpaired) electrons. The fourth-order valence-electron chi connectivity index (χ4n) is 2.74. The first-order valence-electron chi connectivity index (χ1n) is 10.0. The van der Waals surface area contributed by atoms with Gasteiger partial charge in [-0.05, 0) is 24.3 Å². The molecule has 34 heavy (non-hydrogen) atoms. The van der Waals surface area contributed by atoms with Gasteiger partial charge in [-0.15, -0.1) is 10.2 Å². The Balaban J connectivity index is 1.68. The smallest absolute Gasteiger partial charge is 0.325 e. The van der Waals surface area contributed by atoms with Crippen LogP contribution in [0.1, 0.15) is 19.4 Å². The van der Waals surface area contributed by atoms with E-state index in [4.69, 9.17) is 0 Å². The van der Waals surface area contributed by atoms with Gasteiger partial charge in [0.15, 0.2) is 10.9 Å². The van der Waals surface area contributed by atoms with Crippen LogP contribution in [0.3, 0.4) is 0 Å². The van der Waals surface area contributed by atoms with Gasteiger partial charge in [-0.1, -0.05) is 49.9 Å². The monoisotopic (exact) mass is 491 g/mol. The highest BCUT2D eigenvalue weighted by molar-refractivity contribution is 7.99. The standard InChI is InChI=1S/C22H20F3N5O3S/c1-12(2)19(32)27-16-9-4-3-8-15(16)18-20(33)28-21(30-29-18)34-11-17(31)26-14-7-5-6-13(10-14)22(23,24)25/h3-10,12H,11H2,1-2H3,(H,26,31)(H,27,32)(H,28,30,33). The molecule has 0 aliphatic rings. The Labute approximate surface area is 196 Å². The van der Waals surface area contributed by atoms with Crippen LogP contribution in [0.2, 0.25) is 0 Å². The van der Waals surface area contributed by atoms with Gasteiger partial charge in [0.1, 0.15) is 0 Å². The van der Waals surface area contributed by atoms with Crippen LogP contribution < -0.4 is 16.2 Å². The zero-order chi connectivity index (χ0) is 24.9. The molecular weight excluding hydrogens is 471 g/mol. The number of H-pyrrole nitrogens is 1. The van der Waals surface area contributed by atoms with Gasteiger partial charge in [0.05, 0.1) is 17.0 Å². The van der Waals surface area contributed by atoms with Gasteiger partial charge in [-0.2, -0.15) is 13.2 Å². The quantitative estimate of drug-likeness (QED) is 0.427. The van der Waals surface area contributed by atoms with Gasteiger partial charge in [-0.25, -0.2) is 0 Å². The van der Waals surface area contributed by atoms with Crippen molar-refractivity contribution in [2.45, 2.75) is 25.2 Å². The molecule has 2 amide bonds. The van der Waals surface area contributed by atoms with E-state index >= 15 is 0 Å². The number of alkyl halides is 3. The van der Waals surface area contributed by atoms with Crippen molar-refractivity contribution in [2.75, 3.05) is 16.4 Å². The third-order valence-corrected chi connectivity index (χ3v) is 5.32. The SMILES string of the molecule is CC(C)C(=O)Nc1ccccc1-c1nnc(SCC(=O)Nc2cccc(C(F)(F)F)c2)[nH]c1=O. The summed E-state index contributed by atoms with van der Waals surface area (Å²) in [4.78, 5) is 39.3. The number of aromatic amines is 1. The van der Waals surface area contributed by atoms with Gasteiger partial charge >= 0.3 is 6.18 Å². The van der Waals surface area contributed by atoms with Crippen LogP contribution in [-0.2, 0) is 15.8 Å². The summed E-state index contributed by atoms with van der Waals surface area (Å²) in [5.41, 5.74) is -0.700. The zero-order valence-electron chi connectivity index (χ0n) is 18.1. The van der Waals surface area contributed by atoms with Crippen LogP contribution in [0.4, 0.5) is 24.5 Å². The number of hydrogen-bond donors (Lipinski definition) is 3. The van der Waals surface area contributed by atoms with Crippen molar-refractivity contribution in [3.8, 4) is 11.3 Å². The maximum Gasteiger partial charge on any atom is 0.416 e. The van der Waals surface area contributed by atoms with Crippen molar-refractivity contribution in [2.24, 2.45) is 5.92 Å². The number of rotatable bonds is 7. The number of thioether (sulfide) groups is 1. The summed E-state index contributed by atoms with van der Waals surface area (Å²) in [6, 6.07) is 10.9. The Morgan fingerprint density at radius 1 is 1.06 bits per heavy atom. The van der Waals surface area contributed by atoms with Crippen molar-refractivity contribution in [3.05, 3.63) is 64.4 Å². The minimum Gasteiger partial charge on any atom is -0.325 e. The predicted molar refractivity (Wildman–Crippen MR) is 122 cm³/mol. The van der Waals surface area contributed by atoms with Crippen molar-refractivity contribution in [3.63, 3.8) is 0 Å². The largest absolute Gasteiger partial charge is 0.416 e. The average Bonchev–Trinajstić information content (AvgIpc) is 2.78. The van der Waals surface area contributed by atoms with Crippen molar-refractivity contribution >= 4 is 35.0 Å². The van der Waals surface area contributed by atoms with Crippen LogP contribution in [0, 0.1) is 5.92 Å². The Morgan fingerprint density at radius 2 is 1.79 bits per heavy atom. The van der Waals surface area contributed by atoms with Gasteiger partial charge in [0.2, 0.25) is 11.8 Å². The molecule has 0 saturated carbocycles. The molecular formula is C22H20F3N5O3S. The van der Waals surface area contributed by atoms with E-state index in [-0.39, 0.29) is 34.1 Å². The lowest BCUT2D eigenvalue weighted by Crippen LogP contribution is -2.20. The molecule has 0 atom stereocenters. The molecule has 0 aliphatic carbocycles. The topological polar surface area (TPSA) is 117 Å². The van der Waals surface area contributed by atoms with Gasteiger partial charge < -0.3 is 10.6 Å². The van der Waals surface area contributed by atoms with Gasteiger partial charge in [0.25, 0.3) is 5.56 Å². The number of benzene rings is 2. The first-order valence-corrected chi connectivity index (χ1v) is 11.0. The van der Waals surface area contributed by atoms with Crippen LogP contribution in [0.15, 0.2) is 58.5 Å². The average molecular weight is 491 g/mol. The van der Waals surface area contributed by atoms with Crippen molar-refractivity contribution in [1.82, 2.24) is 15.2 Å². The molecule has 3 rings (SSSR count). The predicted octanol–water partition coefficient (Wildman–Crippen LogP) is 4.18. The molecule has 1 aromatic heterocycles. The molecule has 0 unspecified atom stereocenters. The zero-order valence-corrected chi connectivity index (χ0v) is 18.9. The van der Waals surface area contributed by atoms with E-state index in [1.807, 2.05) is 0 Å². The maximum absolute atomic E-state index is 12.8. The second-order valence-corrected chi connectivity index (χ2v) is 8.38. The number of carbonyl (C=O) groups excluding carboxylic acids is 2. The number of nitrogens with zero attached hydrogens (tertiary/aromatic N) is 2. The molecule has 178 valence electrons. The van der Waals surface area contributed by atoms with E-state index in [1.165, 1.54) is 12.1 Å². The molecule has 3 N–H and O–H groups in total. The number of para-hydroxylation sites is 1. The fraction of sp³-hybridized carbons (Fsp3) is 0.227. The fourth-order valence-corrected chi connectivity index (χ4v) is 3.35. The second kappa shape index (κ2) is 10.5. The van der Waals surface area contributed by atoms with Crippen LogP contribution >= 0.6 is 11.8 Å². The normalized spacial score (nSPS) is 11.4. The van der Waals surface area contributed by atoms with Crippen LogP contribution in [-0.4, -0.2) is 32.7 Å². The summed E-state index contributed by atoms with van der Waals surface area (Å²) in [6.45, 7) is 3.47. The molecule has 0 bridgehead atoms. The van der Waals surface area contributed by atoms with E-state index in [1.54, 1.807) is 38.1 Å². The lowest BCUT2D eigenvalue weighted by molar-refractivity contribution is -0.137. The van der Waals surface area contributed by atoms with E-state index in [2.05, 4.69) is 25.8 Å². The summed E-state index contributed by atoms with van der Waals surface area (Å²) in [5, 5.41) is 13.0. The van der Waals surface area contributed by atoms with E-state index < -0.39 is 23.2 Å². The third kappa shape index (κ3) is 6.44. The molecule has 3 aromatic rings. The molecule has 1 heterocycles. The van der Waals surface area contributed by atoms with Gasteiger partial charge in [0, 0.05) is 17.2 Å². The Hall–Kier alpha value is -3.67. The third-order valence-electron chi connectivity index (χ3n) is 4.45. The lowest BCUT2D eigenvalue weighted by Gasteiger charge is -2.11. The van der Waals surface area contributed by atoms with Crippen molar-refractivity contribution < 1.29 is 22.8 Å². The minimum absolute atomic E-state index is 0.00426. The number of nitrogens with one attached hydrogen (secondary N) is 3. The lowest BCUT2D eigenvalue weighted by atomic mass is 10.1.